The van der Waals surface area contributed by atoms with Crippen molar-refractivity contribution in [1.29, 1.82) is 0 Å². The van der Waals surface area contributed by atoms with Crippen LogP contribution in [0.25, 0.3) is 27.8 Å². The van der Waals surface area contributed by atoms with Crippen LogP contribution < -0.4 is 10.4 Å². The predicted octanol–water partition coefficient (Wildman–Crippen LogP) is 21.0. The first-order valence-electron chi connectivity index (χ1n) is 35.6. The van der Waals surface area contributed by atoms with E-state index < -0.39 is 0 Å². The van der Waals surface area contributed by atoms with Crippen molar-refractivity contribution in [2.75, 3.05) is 0 Å². The van der Waals surface area contributed by atoms with Gasteiger partial charge in [-0.25, -0.2) is 0 Å². The summed E-state index contributed by atoms with van der Waals surface area (Å²) >= 11 is 0. The summed E-state index contributed by atoms with van der Waals surface area (Å²) in [4.78, 5) is 12.5. The Labute approximate surface area is 567 Å². The number of carbonyl (C=O) groups excluding carboxylic acids is 1. The first-order valence-corrected chi connectivity index (χ1v) is 35.6. The number of carbonyl (C=O) groups is 1. The van der Waals surface area contributed by atoms with Crippen LogP contribution in [0.1, 0.15) is 143 Å². The third-order valence-corrected chi connectivity index (χ3v) is 24.3. The molecule has 12 aliphatic rings. The fraction of sp³-hybridized carbons (Fsp3) is 0.242. The van der Waals surface area contributed by atoms with Gasteiger partial charge in [0.1, 0.15) is 6.29 Å². The molecule has 1 saturated carbocycles. The largest absolute Gasteiger partial charge is 0.303 e. The van der Waals surface area contributed by atoms with Crippen molar-refractivity contribution in [2.45, 2.75) is 115 Å². The lowest BCUT2D eigenvalue weighted by Crippen LogP contribution is -2.40. The Bertz CT molecular complexity index is 5190. The average molecular weight is 1240 g/mol. The van der Waals surface area contributed by atoms with E-state index in [0.29, 0.717) is 6.42 Å². The summed E-state index contributed by atoms with van der Waals surface area (Å²) in [6.07, 6.45) is 47.2. The molecular weight excluding hydrogens is 1160 g/mol. The third-order valence-electron chi connectivity index (χ3n) is 24.3. The van der Waals surface area contributed by atoms with Crippen LogP contribution in [0.2, 0.25) is 0 Å². The van der Waals surface area contributed by atoms with Gasteiger partial charge in [-0.1, -0.05) is 296 Å². The topological polar surface area (TPSA) is 17.1 Å². The Morgan fingerprint density at radius 3 is 2.09 bits per heavy atom. The lowest BCUT2D eigenvalue weighted by molar-refractivity contribution is -0.107. The Balaban J connectivity index is 0.931. The second-order valence-electron chi connectivity index (χ2n) is 31.0. The Hall–Kier alpha value is -9.65. The number of rotatable bonds is 11. The fourth-order valence-corrected chi connectivity index (χ4v) is 20.0. The molecule has 0 radical (unpaired) electrons. The molecule has 7 unspecified atom stereocenters. The maximum atomic E-state index is 12.5. The van der Waals surface area contributed by atoms with Gasteiger partial charge >= 0.3 is 0 Å². The van der Waals surface area contributed by atoms with Crippen LogP contribution in [0.4, 0.5) is 0 Å². The summed E-state index contributed by atoms with van der Waals surface area (Å²) in [5.41, 5.74) is 41.5. The molecule has 0 N–H and O–H groups in total. The number of allylic oxidation sites excluding steroid dienone is 31. The highest BCUT2D eigenvalue weighted by Gasteiger charge is 2.58. The lowest BCUT2D eigenvalue weighted by Gasteiger charge is -2.41. The van der Waals surface area contributed by atoms with Crippen LogP contribution in [0.5, 0.6) is 0 Å². The molecule has 6 aromatic carbocycles. The minimum atomic E-state index is -0.184. The van der Waals surface area contributed by atoms with Gasteiger partial charge in [0.05, 0.1) is 0 Å². The van der Waals surface area contributed by atoms with Gasteiger partial charge in [-0.2, -0.15) is 0 Å². The number of hydrogen-bond acceptors (Lipinski definition) is 1. The van der Waals surface area contributed by atoms with Crippen molar-refractivity contribution in [3.8, 4) is 11.1 Å². The van der Waals surface area contributed by atoms with Crippen molar-refractivity contribution in [2.24, 2.45) is 29.6 Å². The Morgan fingerprint density at radius 2 is 1.35 bits per heavy atom. The van der Waals surface area contributed by atoms with Crippen molar-refractivity contribution in [3.63, 3.8) is 0 Å². The first kappa shape index (κ1) is 58.9. The number of hydrogen-bond donors (Lipinski definition) is 0. The van der Waals surface area contributed by atoms with Gasteiger partial charge in [0.25, 0.3) is 0 Å². The summed E-state index contributed by atoms with van der Waals surface area (Å²) in [6.45, 7) is 16.9. The zero-order valence-electron chi connectivity index (χ0n) is 56.4. The smallest absolute Gasteiger partial charge is 0.123 e. The molecule has 0 heterocycles. The zero-order valence-corrected chi connectivity index (χ0v) is 56.4. The van der Waals surface area contributed by atoms with Gasteiger partial charge in [-0.3, -0.25) is 0 Å². The van der Waals surface area contributed by atoms with E-state index in [-0.39, 0.29) is 57.7 Å². The molecule has 1 heteroatoms. The van der Waals surface area contributed by atoms with Crippen molar-refractivity contribution >= 4 is 23.0 Å². The molecule has 18 rings (SSSR count). The molecule has 0 amide bonds. The molecule has 1 fully saturated rings. The molecule has 12 aliphatic carbocycles. The normalized spacial score (nSPS) is 25.7. The molecule has 6 aromatic rings. The van der Waals surface area contributed by atoms with E-state index in [4.69, 9.17) is 0 Å². The second-order valence-corrected chi connectivity index (χ2v) is 31.0. The average Bonchev–Trinajstić information content (AvgIpc) is 0.912. The highest BCUT2D eigenvalue weighted by Crippen LogP contribution is 2.70. The van der Waals surface area contributed by atoms with Gasteiger partial charge in [-0.15, -0.1) is 5.73 Å². The molecule has 96 heavy (non-hydrogen) atoms. The second kappa shape index (κ2) is 22.2. The maximum absolute atomic E-state index is 12.5. The monoisotopic (exact) mass is 1240 g/mol. The highest BCUT2D eigenvalue weighted by atomic mass is 16.1. The van der Waals surface area contributed by atoms with Crippen LogP contribution in [-0.2, 0) is 21.0 Å². The maximum Gasteiger partial charge on any atom is 0.123 e. The van der Waals surface area contributed by atoms with Crippen LogP contribution in [0.15, 0.2) is 333 Å². The van der Waals surface area contributed by atoms with E-state index in [2.05, 4.69) is 303 Å². The van der Waals surface area contributed by atoms with E-state index in [0.717, 1.165) is 38.4 Å². The Morgan fingerprint density at radius 1 is 0.615 bits per heavy atom. The number of fused-ring (bicyclic) bond motifs is 11. The first-order chi connectivity index (χ1) is 46.8. The van der Waals surface area contributed by atoms with Crippen LogP contribution in [-0.4, -0.2) is 6.29 Å². The molecule has 0 spiro atoms. The van der Waals surface area contributed by atoms with Crippen LogP contribution in [0, 0.1) is 29.6 Å². The van der Waals surface area contributed by atoms with Gasteiger partial charge < -0.3 is 4.79 Å². The fourth-order valence-electron chi connectivity index (χ4n) is 20.0. The highest BCUT2D eigenvalue weighted by molar-refractivity contribution is 5.90. The van der Waals surface area contributed by atoms with Gasteiger partial charge in [0.15, 0.2) is 0 Å². The van der Waals surface area contributed by atoms with Gasteiger partial charge in [-0.05, 0) is 194 Å². The van der Waals surface area contributed by atoms with E-state index in [1.54, 1.807) is 0 Å². The van der Waals surface area contributed by atoms with Crippen molar-refractivity contribution < 1.29 is 4.79 Å². The molecular formula is C95H82O. The minimum absolute atomic E-state index is 0.0315. The molecule has 0 aromatic heterocycles. The van der Waals surface area contributed by atoms with Crippen molar-refractivity contribution in [3.05, 3.63) is 388 Å². The van der Waals surface area contributed by atoms with Crippen LogP contribution in [0.3, 0.4) is 0 Å². The molecule has 468 valence electrons. The van der Waals surface area contributed by atoms with E-state index in [1.807, 2.05) is 0 Å². The van der Waals surface area contributed by atoms with Gasteiger partial charge in [0.2, 0.25) is 0 Å². The quantitative estimate of drug-likeness (QED) is 0.0933. The summed E-state index contributed by atoms with van der Waals surface area (Å²) in [6, 6.07) is 56.8. The van der Waals surface area contributed by atoms with Crippen LogP contribution >= 0.6 is 0 Å². The number of benzene rings is 6. The summed E-state index contributed by atoms with van der Waals surface area (Å²) in [5.74, 6) is 0.429. The third kappa shape index (κ3) is 8.78. The predicted molar refractivity (Wildman–Crippen MR) is 397 cm³/mol. The van der Waals surface area contributed by atoms with Gasteiger partial charge in [0, 0.05) is 63.9 Å². The Kier molecular flexibility index (Phi) is 13.6. The van der Waals surface area contributed by atoms with E-state index in [9.17, 15) is 4.79 Å². The molecule has 1 nitrogen and oxygen atoms in total. The molecule has 7 atom stereocenters. The van der Waals surface area contributed by atoms with Crippen molar-refractivity contribution in [1.82, 2.24) is 0 Å². The summed E-state index contributed by atoms with van der Waals surface area (Å²) in [5, 5.41) is 2.71. The lowest BCUT2D eigenvalue weighted by atomic mass is 9.61. The molecule has 0 aliphatic heterocycles. The molecule has 0 bridgehead atoms. The van der Waals surface area contributed by atoms with E-state index in [1.165, 1.54) is 161 Å². The standard InChI is InChI=1S/C95H82O/c1-93(2,3)65-44-46-66-75(53-62(37-26-52-96)57-27-12-8-13-28-57)88-70-47-48-72-87-73(50-49-71(86(70)87)89(88)82(76(66)56-65)59-31-16-10-17-32-59)91-84(61-35-20-21-36-61)92(81(58-29-14-9-15-30-58)64-42-45-69-67-38-22-24-40-77(67)95(6,7)80(69)55-64)85(83(90(72)91)60-33-18-11-19-34-60)63-43-51-79-74(54-63)68-39-23-25-41-78(68)94(79,4)5/h8-12,14-25,27,29,31-35,37-52,55-56,58,81,83,86-89H,13,26,28,30,53-54H2,1-7H3/b62-37+,85-63?. The summed E-state index contributed by atoms with van der Waals surface area (Å²) < 4.78 is 0. The minimum Gasteiger partial charge on any atom is -0.303 e. The number of aldehydes is 1. The zero-order chi connectivity index (χ0) is 64.9. The SMILES string of the molecule is CC(C)(C)c1ccc2c(c1)=C(c1ccccc1)C1C3=CC=C4C5=C(C6=CC=C(C3C46)C1C=2C/C(=C\CC=O)C1=CC=CCC1)C(c1ccccc1)C(=C1C=CC2=C(C1)c1ccccc1C2(C)C)C(C(c1ccc2c(c1)C(C)(C)c1ccccc1-2)C1C=CC=CC1)=C5C1=C=CC=C1. The summed E-state index contributed by atoms with van der Waals surface area (Å²) in [7, 11) is 0. The molecule has 0 saturated heterocycles. The van der Waals surface area contributed by atoms with E-state index >= 15 is 0 Å².